The number of aryl methyl sites for hydroxylation is 1. The second-order valence-electron chi connectivity index (χ2n) is 5.04. The summed E-state index contributed by atoms with van der Waals surface area (Å²) in [5.41, 5.74) is 2.20. The lowest BCUT2D eigenvalue weighted by Gasteiger charge is -2.10. The van der Waals surface area contributed by atoms with Gasteiger partial charge in [0.2, 0.25) is 0 Å². The molecule has 0 aliphatic rings. The molecule has 3 N–H and O–H groups in total. The van der Waals surface area contributed by atoms with E-state index in [1.165, 1.54) is 17.4 Å². The third kappa shape index (κ3) is 3.08. The molecule has 2 aromatic heterocycles. The first-order valence-electron chi connectivity index (χ1n) is 7.09. The molecule has 0 fully saturated rings. The van der Waals surface area contributed by atoms with Gasteiger partial charge in [0.1, 0.15) is 0 Å². The quantitative estimate of drug-likeness (QED) is 0.628. The third-order valence-electron chi connectivity index (χ3n) is 3.46. The number of anilines is 2. The molecule has 24 heavy (non-hydrogen) atoms. The molecule has 0 radical (unpaired) electrons. The van der Waals surface area contributed by atoms with Gasteiger partial charge >= 0.3 is 5.63 Å². The van der Waals surface area contributed by atoms with Gasteiger partial charge in [0.15, 0.2) is 11.3 Å². The topological polar surface area (TPSA) is 91.6 Å². The number of benzene rings is 1. The summed E-state index contributed by atoms with van der Waals surface area (Å²) >= 11 is 1.38. The summed E-state index contributed by atoms with van der Waals surface area (Å²) in [7, 11) is 0. The maximum absolute atomic E-state index is 12.4. The fourth-order valence-electron chi connectivity index (χ4n) is 2.23. The summed E-state index contributed by atoms with van der Waals surface area (Å²) in [5, 5.41) is 13.8. The first-order chi connectivity index (χ1) is 11.6. The van der Waals surface area contributed by atoms with Crippen molar-refractivity contribution in [3.63, 3.8) is 0 Å². The largest absolute Gasteiger partial charge is 0.421 e. The minimum absolute atomic E-state index is 0.0132. The Labute approximate surface area is 141 Å². The summed E-state index contributed by atoms with van der Waals surface area (Å²) < 4.78 is 5.23. The zero-order chi connectivity index (χ0) is 17.1. The lowest BCUT2D eigenvalue weighted by atomic mass is 10.1. The van der Waals surface area contributed by atoms with Crippen LogP contribution in [-0.2, 0) is 0 Å². The molecule has 1 aromatic carbocycles. The monoisotopic (exact) mass is 342 g/mol. The van der Waals surface area contributed by atoms with Crippen LogP contribution in [0.4, 0.5) is 11.4 Å². The van der Waals surface area contributed by atoms with Crippen molar-refractivity contribution in [3.05, 3.63) is 69.4 Å². The molecule has 0 spiro atoms. The number of hydrogen-bond donors (Lipinski definition) is 3. The van der Waals surface area contributed by atoms with Crippen LogP contribution in [0, 0.1) is 6.92 Å². The van der Waals surface area contributed by atoms with Crippen molar-refractivity contribution in [2.24, 2.45) is 0 Å². The fraction of sp³-hybridized carbons (Fsp3) is 0.0588. The Bertz CT molecular complexity index is 932. The van der Waals surface area contributed by atoms with Crippen molar-refractivity contribution >= 4 is 28.6 Å². The number of rotatable bonds is 4. The molecular weight excluding hydrogens is 328 g/mol. The average molecular weight is 342 g/mol. The van der Waals surface area contributed by atoms with Crippen LogP contribution in [-0.4, -0.2) is 11.1 Å². The maximum atomic E-state index is 12.4. The minimum atomic E-state index is -0.830. The molecule has 0 saturated heterocycles. The Morgan fingerprint density at radius 2 is 1.96 bits per heavy atom. The Morgan fingerprint density at radius 1 is 1.17 bits per heavy atom. The summed E-state index contributed by atoms with van der Waals surface area (Å²) in [5.74, 6) is -0.383. The van der Waals surface area contributed by atoms with Crippen LogP contribution >= 0.6 is 11.3 Å². The summed E-state index contributed by atoms with van der Waals surface area (Å²) in [6, 6.07) is 12.2. The van der Waals surface area contributed by atoms with Gasteiger partial charge in [-0.3, -0.25) is 15.5 Å². The predicted octanol–water partition coefficient (Wildman–Crippen LogP) is 3.73. The van der Waals surface area contributed by atoms with Crippen LogP contribution in [0.15, 0.2) is 57.1 Å². The molecule has 3 aromatic rings. The predicted molar refractivity (Wildman–Crippen MR) is 92.8 cm³/mol. The van der Waals surface area contributed by atoms with Gasteiger partial charge < -0.3 is 9.73 Å². The van der Waals surface area contributed by atoms with Crippen molar-refractivity contribution in [3.8, 4) is 10.6 Å². The minimum Gasteiger partial charge on any atom is -0.421 e. The lowest BCUT2D eigenvalue weighted by Crippen LogP contribution is -2.23. The van der Waals surface area contributed by atoms with Crippen LogP contribution in [0.2, 0.25) is 0 Å². The Balaban J connectivity index is 2.00. The van der Waals surface area contributed by atoms with E-state index in [-0.39, 0.29) is 17.0 Å². The second kappa shape index (κ2) is 6.69. The highest BCUT2D eigenvalue weighted by molar-refractivity contribution is 7.13. The molecule has 1 amide bonds. The third-order valence-corrected chi connectivity index (χ3v) is 4.34. The molecule has 0 unspecified atom stereocenters. The van der Waals surface area contributed by atoms with Gasteiger partial charge in [-0.2, -0.15) is 0 Å². The molecular formula is C17H14N2O4S. The highest BCUT2D eigenvalue weighted by Gasteiger charge is 2.20. The van der Waals surface area contributed by atoms with Gasteiger partial charge in [0, 0.05) is 11.8 Å². The molecule has 2 heterocycles. The van der Waals surface area contributed by atoms with E-state index in [0.29, 0.717) is 5.69 Å². The Morgan fingerprint density at radius 3 is 2.62 bits per heavy atom. The van der Waals surface area contributed by atoms with E-state index in [4.69, 9.17) is 4.42 Å². The van der Waals surface area contributed by atoms with Crippen LogP contribution in [0.5, 0.6) is 0 Å². The first kappa shape index (κ1) is 16.0. The molecule has 0 atom stereocenters. The molecule has 6 nitrogen and oxygen atoms in total. The molecule has 0 aliphatic heterocycles. The lowest BCUT2D eigenvalue weighted by molar-refractivity contribution is 0.102. The normalized spacial score (nSPS) is 10.4. The molecule has 7 heteroatoms. The number of nitrogens with one attached hydrogen (secondary N) is 2. The summed E-state index contributed by atoms with van der Waals surface area (Å²) in [6.45, 7) is 1.84. The fourth-order valence-corrected chi connectivity index (χ4v) is 2.91. The van der Waals surface area contributed by atoms with E-state index < -0.39 is 11.5 Å². The molecule has 0 saturated carbocycles. The molecule has 0 bridgehead atoms. The van der Waals surface area contributed by atoms with Gasteiger partial charge in [0.25, 0.3) is 5.91 Å². The maximum Gasteiger partial charge on any atom is 0.351 e. The smallest absolute Gasteiger partial charge is 0.351 e. The van der Waals surface area contributed by atoms with E-state index in [2.05, 4.69) is 5.32 Å². The number of carbonyl (C=O) groups excluding carboxylic acids is 1. The van der Waals surface area contributed by atoms with Gasteiger partial charge in [-0.15, -0.1) is 11.3 Å². The standard InChI is InChI=1S/C17H14N2O4S/c1-10-5-2-3-6-11(10)18-16(20)15-12(19-22)9-13(23-17(15)21)14-7-4-8-24-14/h2-9,19,22H,1H3,(H,18,20). The van der Waals surface area contributed by atoms with Crippen LogP contribution in [0.25, 0.3) is 10.6 Å². The number of hydrogen-bond acceptors (Lipinski definition) is 6. The molecule has 0 aliphatic carbocycles. The van der Waals surface area contributed by atoms with Crippen LogP contribution in [0.3, 0.4) is 0 Å². The average Bonchev–Trinajstić information content (AvgIpc) is 3.10. The van der Waals surface area contributed by atoms with Crippen molar-refractivity contribution in [2.45, 2.75) is 6.92 Å². The van der Waals surface area contributed by atoms with E-state index in [1.54, 1.807) is 18.2 Å². The highest BCUT2D eigenvalue weighted by atomic mass is 32.1. The highest BCUT2D eigenvalue weighted by Crippen LogP contribution is 2.27. The number of carbonyl (C=O) groups is 1. The van der Waals surface area contributed by atoms with Gasteiger partial charge in [-0.05, 0) is 30.0 Å². The first-order valence-corrected chi connectivity index (χ1v) is 7.97. The van der Waals surface area contributed by atoms with Crippen molar-refractivity contribution in [1.29, 1.82) is 0 Å². The van der Waals surface area contributed by atoms with E-state index >= 15 is 0 Å². The van der Waals surface area contributed by atoms with Crippen molar-refractivity contribution < 1.29 is 14.4 Å². The Hall–Kier alpha value is -2.90. The summed E-state index contributed by atoms with van der Waals surface area (Å²) in [4.78, 5) is 25.4. The van der Waals surface area contributed by atoms with E-state index in [9.17, 15) is 14.8 Å². The number of para-hydroxylation sites is 1. The van der Waals surface area contributed by atoms with E-state index in [0.717, 1.165) is 10.4 Å². The SMILES string of the molecule is Cc1ccccc1NC(=O)c1c(NO)cc(-c2cccs2)oc1=O. The zero-order valence-electron chi connectivity index (χ0n) is 12.7. The van der Waals surface area contributed by atoms with Gasteiger partial charge in [-0.1, -0.05) is 24.3 Å². The van der Waals surface area contributed by atoms with Crippen molar-refractivity contribution in [2.75, 3.05) is 10.8 Å². The Kier molecular flexibility index (Phi) is 4.45. The van der Waals surface area contributed by atoms with E-state index in [1.807, 2.05) is 36.0 Å². The van der Waals surface area contributed by atoms with Crippen LogP contribution < -0.4 is 16.4 Å². The van der Waals surface area contributed by atoms with Gasteiger partial charge in [-0.25, -0.2) is 4.79 Å². The van der Waals surface area contributed by atoms with Gasteiger partial charge in [0.05, 0.1) is 10.6 Å². The molecule has 122 valence electrons. The second-order valence-corrected chi connectivity index (χ2v) is 5.99. The summed E-state index contributed by atoms with van der Waals surface area (Å²) in [6.07, 6.45) is 0. The number of thiophene rings is 1. The molecule has 3 rings (SSSR count). The zero-order valence-corrected chi connectivity index (χ0v) is 13.5. The van der Waals surface area contributed by atoms with Crippen LogP contribution in [0.1, 0.15) is 15.9 Å². The van der Waals surface area contributed by atoms with Crippen molar-refractivity contribution in [1.82, 2.24) is 0 Å². The number of amides is 1.